The molecular weight excluding hydrogens is 214 g/mol. The van der Waals surface area contributed by atoms with E-state index in [9.17, 15) is 4.79 Å². The number of amides is 1. The Labute approximate surface area is 105 Å². The predicted octanol–water partition coefficient (Wildman–Crippen LogP) is 1.10. The Morgan fingerprint density at radius 1 is 1.47 bits per heavy atom. The van der Waals surface area contributed by atoms with Crippen LogP contribution in [0.1, 0.15) is 46.0 Å². The van der Waals surface area contributed by atoms with Crippen LogP contribution in [0.4, 0.5) is 0 Å². The zero-order valence-electron chi connectivity index (χ0n) is 11.5. The van der Waals surface area contributed by atoms with E-state index in [2.05, 4.69) is 17.1 Å². The van der Waals surface area contributed by atoms with Crippen LogP contribution in [0.3, 0.4) is 0 Å². The van der Waals surface area contributed by atoms with Gasteiger partial charge in [0.05, 0.1) is 5.54 Å². The SMILES string of the molecule is CCN(CCC(C)(NC)C(N)=O)C1CCCC1. The second kappa shape index (κ2) is 6.36. The molecule has 1 aliphatic carbocycles. The van der Waals surface area contributed by atoms with Crippen LogP contribution in [0.5, 0.6) is 0 Å². The molecule has 3 N–H and O–H groups in total. The van der Waals surface area contributed by atoms with Gasteiger partial charge in [-0.2, -0.15) is 0 Å². The van der Waals surface area contributed by atoms with E-state index in [0.717, 1.165) is 19.5 Å². The maximum atomic E-state index is 11.4. The Morgan fingerprint density at radius 2 is 2.06 bits per heavy atom. The van der Waals surface area contributed by atoms with E-state index in [1.165, 1.54) is 25.7 Å². The van der Waals surface area contributed by atoms with E-state index in [1.807, 2.05) is 6.92 Å². The van der Waals surface area contributed by atoms with Crippen LogP contribution >= 0.6 is 0 Å². The van der Waals surface area contributed by atoms with Gasteiger partial charge in [0.2, 0.25) is 5.91 Å². The van der Waals surface area contributed by atoms with Crippen LogP contribution in [-0.4, -0.2) is 42.5 Å². The lowest BCUT2D eigenvalue weighted by Gasteiger charge is -2.32. The molecule has 0 heterocycles. The second-order valence-corrected chi connectivity index (χ2v) is 5.26. The van der Waals surface area contributed by atoms with Crippen LogP contribution in [-0.2, 0) is 4.79 Å². The summed E-state index contributed by atoms with van der Waals surface area (Å²) in [7, 11) is 1.80. The minimum absolute atomic E-state index is 0.262. The molecule has 1 rings (SSSR count). The molecule has 1 aliphatic rings. The number of carbonyl (C=O) groups excluding carboxylic acids is 1. The molecule has 0 bridgehead atoms. The summed E-state index contributed by atoms with van der Waals surface area (Å²) in [6.07, 6.45) is 6.09. The summed E-state index contributed by atoms with van der Waals surface area (Å²) in [6.45, 7) is 6.09. The molecule has 4 heteroatoms. The van der Waals surface area contributed by atoms with E-state index in [4.69, 9.17) is 5.73 Å². The summed E-state index contributed by atoms with van der Waals surface area (Å²) >= 11 is 0. The lowest BCUT2D eigenvalue weighted by atomic mass is 9.96. The zero-order valence-corrected chi connectivity index (χ0v) is 11.5. The quantitative estimate of drug-likeness (QED) is 0.702. The zero-order chi connectivity index (χ0) is 12.9. The number of carbonyl (C=O) groups is 1. The van der Waals surface area contributed by atoms with Gasteiger partial charge in [0.1, 0.15) is 0 Å². The minimum Gasteiger partial charge on any atom is -0.368 e. The summed E-state index contributed by atoms with van der Waals surface area (Å²) in [5.74, 6) is -0.262. The summed E-state index contributed by atoms with van der Waals surface area (Å²) in [5.41, 5.74) is 4.87. The topological polar surface area (TPSA) is 58.4 Å². The number of primary amides is 1. The first kappa shape index (κ1) is 14.5. The molecule has 0 saturated heterocycles. The maximum Gasteiger partial charge on any atom is 0.237 e. The Balaban J connectivity index is 2.48. The van der Waals surface area contributed by atoms with Crippen molar-refractivity contribution in [3.8, 4) is 0 Å². The number of rotatable bonds is 7. The number of nitrogens with two attached hydrogens (primary N) is 1. The Hall–Kier alpha value is -0.610. The molecule has 0 aromatic rings. The number of likely N-dealkylation sites (N-methyl/N-ethyl adjacent to an activating group) is 1. The van der Waals surface area contributed by atoms with Gasteiger partial charge in [0.25, 0.3) is 0 Å². The number of nitrogens with one attached hydrogen (secondary N) is 1. The Kier molecular flexibility index (Phi) is 5.40. The van der Waals surface area contributed by atoms with Crippen LogP contribution < -0.4 is 11.1 Å². The fourth-order valence-electron chi connectivity index (χ4n) is 2.61. The molecule has 1 amide bonds. The highest BCUT2D eigenvalue weighted by molar-refractivity contribution is 5.84. The van der Waals surface area contributed by atoms with Gasteiger partial charge in [-0.25, -0.2) is 0 Å². The van der Waals surface area contributed by atoms with Gasteiger partial charge >= 0.3 is 0 Å². The van der Waals surface area contributed by atoms with E-state index in [0.29, 0.717) is 6.04 Å². The third-order valence-corrected chi connectivity index (χ3v) is 4.24. The standard InChI is InChI=1S/C13H27N3O/c1-4-16(11-7-5-6-8-11)10-9-13(2,15-3)12(14)17/h11,15H,4-10H2,1-3H3,(H2,14,17). The molecule has 0 radical (unpaired) electrons. The monoisotopic (exact) mass is 241 g/mol. The lowest BCUT2D eigenvalue weighted by Crippen LogP contribution is -2.53. The van der Waals surface area contributed by atoms with Gasteiger partial charge in [-0.05, 0) is 39.8 Å². The Morgan fingerprint density at radius 3 is 2.47 bits per heavy atom. The molecule has 1 unspecified atom stereocenters. The molecule has 1 fully saturated rings. The second-order valence-electron chi connectivity index (χ2n) is 5.26. The molecule has 0 spiro atoms. The lowest BCUT2D eigenvalue weighted by molar-refractivity contribution is -0.124. The summed E-state index contributed by atoms with van der Waals surface area (Å²) in [5, 5.41) is 3.05. The fourth-order valence-corrected chi connectivity index (χ4v) is 2.61. The average molecular weight is 241 g/mol. The van der Waals surface area contributed by atoms with Gasteiger partial charge in [-0.15, -0.1) is 0 Å². The van der Waals surface area contributed by atoms with Gasteiger partial charge in [0.15, 0.2) is 0 Å². The first-order valence-corrected chi connectivity index (χ1v) is 6.76. The molecule has 100 valence electrons. The maximum absolute atomic E-state index is 11.4. The highest BCUT2D eigenvalue weighted by Gasteiger charge is 2.30. The third-order valence-electron chi connectivity index (χ3n) is 4.24. The predicted molar refractivity (Wildman–Crippen MR) is 70.8 cm³/mol. The molecule has 0 aromatic carbocycles. The van der Waals surface area contributed by atoms with Crippen LogP contribution in [0.2, 0.25) is 0 Å². The summed E-state index contributed by atoms with van der Waals surface area (Å²) in [6, 6.07) is 0.717. The van der Waals surface area contributed by atoms with Crippen molar-refractivity contribution in [1.29, 1.82) is 0 Å². The molecule has 0 aromatic heterocycles. The van der Waals surface area contributed by atoms with Crippen molar-refractivity contribution in [1.82, 2.24) is 10.2 Å². The molecule has 0 aliphatic heterocycles. The Bertz CT molecular complexity index is 251. The van der Waals surface area contributed by atoms with Crippen molar-refractivity contribution in [2.24, 2.45) is 5.73 Å². The molecule has 1 saturated carbocycles. The normalized spacial score (nSPS) is 20.7. The van der Waals surface area contributed by atoms with Gasteiger partial charge in [-0.3, -0.25) is 4.79 Å². The minimum atomic E-state index is -0.577. The molecule has 4 nitrogen and oxygen atoms in total. The highest BCUT2D eigenvalue weighted by atomic mass is 16.1. The molecule has 17 heavy (non-hydrogen) atoms. The first-order chi connectivity index (χ1) is 8.03. The van der Waals surface area contributed by atoms with E-state index < -0.39 is 5.54 Å². The average Bonchev–Trinajstić information content (AvgIpc) is 2.83. The van der Waals surface area contributed by atoms with E-state index in [1.54, 1.807) is 7.05 Å². The number of hydrogen-bond acceptors (Lipinski definition) is 3. The largest absolute Gasteiger partial charge is 0.368 e. The number of nitrogens with zero attached hydrogens (tertiary/aromatic N) is 1. The van der Waals surface area contributed by atoms with Crippen molar-refractivity contribution in [2.75, 3.05) is 20.1 Å². The van der Waals surface area contributed by atoms with Crippen molar-refractivity contribution >= 4 is 5.91 Å². The van der Waals surface area contributed by atoms with Crippen molar-refractivity contribution in [3.63, 3.8) is 0 Å². The van der Waals surface area contributed by atoms with Crippen LogP contribution in [0.15, 0.2) is 0 Å². The van der Waals surface area contributed by atoms with Crippen LogP contribution in [0.25, 0.3) is 0 Å². The molecule has 1 atom stereocenters. The van der Waals surface area contributed by atoms with Gasteiger partial charge in [-0.1, -0.05) is 19.8 Å². The fraction of sp³-hybridized carbons (Fsp3) is 0.923. The van der Waals surface area contributed by atoms with Crippen molar-refractivity contribution in [2.45, 2.75) is 57.5 Å². The van der Waals surface area contributed by atoms with Gasteiger partial charge < -0.3 is 16.0 Å². The number of hydrogen-bond donors (Lipinski definition) is 2. The van der Waals surface area contributed by atoms with Crippen molar-refractivity contribution < 1.29 is 4.79 Å². The smallest absolute Gasteiger partial charge is 0.237 e. The third kappa shape index (κ3) is 3.68. The first-order valence-electron chi connectivity index (χ1n) is 6.76. The van der Waals surface area contributed by atoms with E-state index in [-0.39, 0.29) is 5.91 Å². The highest BCUT2D eigenvalue weighted by Crippen LogP contribution is 2.24. The van der Waals surface area contributed by atoms with Gasteiger partial charge in [0, 0.05) is 12.6 Å². The van der Waals surface area contributed by atoms with Crippen molar-refractivity contribution in [3.05, 3.63) is 0 Å². The summed E-state index contributed by atoms with van der Waals surface area (Å²) in [4.78, 5) is 13.9. The molecular formula is C13H27N3O. The van der Waals surface area contributed by atoms with Crippen LogP contribution in [0, 0.1) is 0 Å². The van der Waals surface area contributed by atoms with E-state index >= 15 is 0 Å². The summed E-state index contributed by atoms with van der Waals surface area (Å²) < 4.78 is 0.